The first-order valence-electron chi connectivity index (χ1n) is 13.1. The first kappa shape index (κ1) is 22.8. The predicted molar refractivity (Wildman–Crippen MR) is 153 cm³/mol. The molecule has 5 heteroatoms. The molecule has 0 N–H and O–H groups in total. The van der Waals surface area contributed by atoms with Crippen LogP contribution in [0.15, 0.2) is 91.6 Å². The number of ether oxygens (including phenoxy) is 1. The van der Waals surface area contributed by atoms with E-state index in [4.69, 9.17) is 9.72 Å². The maximum atomic E-state index is 6.57. The Morgan fingerprint density at radius 2 is 1.66 bits per heavy atom. The van der Waals surface area contributed by atoms with E-state index in [0.717, 1.165) is 28.5 Å². The molecular formula is C33H30N4O. The molecule has 6 aromatic rings. The van der Waals surface area contributed by atoms with Gasteiger partial charge in [-0.2, -0.15) is 0 Å². The lowest BCUT2D eigenvalue weighted by atomic mass is 9.76. The first-order chi connectivity index (χ1) is 18.2. The molecule has 7 rings (SSSR count). The minimum absolute atomic E-state index is 0.0271. The Morgan fingerprint density at radius 1 is 0.816 bits per heavy atom. The molecule has 3 aromatic carbocycles. The second-order valence-electron chi connectivity index (χ2n) is 11.8. The molecule has 0 saturated heterocycles. The van der Waals surface area contributed by atoms with Crippen molar-refractivity contribution in [1.29, 1.82) is 0 Å². The standard InChI is InChI=1S/C33H30N4O/c1-32(2,3)21-16-22(36-15-14-34-20-36)18-24(17-21)38-23-11-12-25-26-8-6-9-27-30(26)37(29(25)19-23)31-28(33(27,4)5)10-7-13-35-31/h6-20H,1-5H3. The number of imidazole rings is 1. The van der Waals surface area contributed by atoms with Crippen LogP contribution in [0.1, 0.15) is 51.3 Å². The van der Waals surface area contributed by atoms with Crippen LogP contribution in [0.2, 0.25) is 0 Å². The Balaban J connectivity index is 1.42. The van der Waals surface area contributed by atoms with Crippen LogP contribution in [-0.2, 0) is 10.8 Å². The van der Waals surface area contributed by atoms with Crippen molar-refractivity contribution in [3.63, 3.8) is 0 Å². The molecule has 0 bridgehead atoms. The van der Waals surface area contributed by atoms with Crippen molar-refractivity contribution in [2.45, 2.75) is 45.4 Å². The van der Waals surface area contributed by atoms with Crippen molar-refractivity contribution >= 4 is 21.8 Å². The van der Waals surface area contributed by atoms with Crippen LogP contribution in [-0.4, -0.2) is 19.1 Å². The van der Waals surface area contributed by atoms with Gasteiger partial charge in [0.25, 0.3) is 0 Å². The average Bonchev–Trinajstić information content (AvgIpc) is 3.54. The van der Waals surface area contributed by atoms with E-state index in [-0.39, 0.29) is 10.8 Å². The second-order valence-corrected chi connectivity index (χ2v) is 11.8. The van der Waals surface area contributed by atoms with Crippen LogP contribution in [0.3, 0.4) is 0 Å². The van der Waals surface area contributed by atoms with Crippen LogP contribution < -0.4 is 4.74 Å². The van der Waals surface area contributed by atoms with Crippen LogP contribution in [0, 0.1) is 0 Å². The number of fused-ring (bicyclic) bond motifs is 5. The molecule has 5 nitrogen and oxygen atoms in total. The zero-order valence-corrected chi connectivity index (χ0v) is 22.4. The number of para-hydroxylation sites is 1. The maximum Gasteiger partial charge on any atom is 0.141 e. The van der Waals surface area contributed by atoms with Gasteiger partial charge in [-0.15, -0.1) is 0 Å². The van der Waals surface area contributed by atoms with Crippen LogP contribution >= 0.6 is 0 Å². The number of benzene rings is 3. The summed E-state index contributed by atoms with van der Waals surface area (Å²) in [5, 5.41) is 2.44. The average molecular weight is 499 g/mol. The molecule has 1 aliphatic rings. The summed E-state index contributed by atoms with van der Waals surface area (Å²) in [4.78, 5) is 9.10. The van der Waals surface area contributed by atoms with E-state index in [1.807, 2.05) is 29.4 Å². The molecule has 4 heterocycles. The molecule has 0 atom stereocenters. The maximum absolute atomic E-state index is 6.57. The van der Waals surface area contributed by atoms with Gasteiger partial charge in [0.05, 0.1) is 23.0 Å². The van der Waals surface area contributed by atoms with Gasteiger partial charge < -0.3 is 9.30 Å². The first-order valence-corrected chi connectivity index (χ1v) is 13.1. The molecule has 0 saturated carbocycles. The number of nitrogens with zero attached hydrogens (tertiary/aromatic N) is 4. The van der Waals surface area contributed by atoms with Gasteiger partial charge >= 0.3 is 0 Å². The summed E-state index contributed by atoms with van der Waals surface area (Å²) >= 11 is 0. The lowest BCUT2D eigenvalue weighted by Gasteiger charge is -2.33. The highest BCUT2D eigenvalue weighted by atomic mass is 16.5. The summed E-state index contributed by atoms with van der Waals surface area (Å²) in [6.45, 7) is 11.2. The van der Waals surface area contributed by atoms with E-state index < -0.39 is 0 Å². The third-order valence-electron chi connectivity index (χ3n) is 7.90. The topological polar surface area (TPSA) is 44.9 Å². The lowest BCUT2D eigenvalue weighted by Crippen LogP contribution is -2.26. The van der Waals surface area contributed by atoms with Crippen molar-refractivity contribution in [2.24, 2.45) is 0 Å². The summed E-state index contributed by atoms with van der Waals surface area (Å²) in [7, 11) is 0. The van der Waals surface area contributed by atoms with Crippen molar-refractivity contribution in [3.8, 4) is 23.0 Å². The smallest absolute Gasteiger partial charge is 0.141 e. The molecule has 0 amide bonds. The Morgan fingerprint density at radius 3 is 2.45 bits per heavy atom. The number of hydrogen-bond acceptors (Lipinski definition) is 3. The van der Waals surface area contributed by atoms with Crippen LogP contribution in [0.4, 0.5) is 0 Å². The molecular weight excluding hydrogens is 468 g/mol. The third kappa shape index (κ3) is 3.31. The second kappa shape index (κ2) is 7.81. The van der Waals surface area contributed by atoms with Crippen molar-refractivity contribution in [3.05, 3.63) is 108 Å². The van der Waals surface area contributed by atoms with Crippen LogP contribution in [0.5, 0.6) is 11.5 Å². The zero-order chi connectivity index (χ0) is 26.2. The summed E-state index contributed by atoms with van der Waals surface area (Å²) < 4.78 is 10.9. The van der Waals surface area contributed by atoms with Gasteiger partial charge in [-0.05, 0) is 46.9 Å². The summed E-state index contributed by atoms with van der Waals surface area (Å²) in [6, 6.07) is 23.7. The van der Waals surface area contributed by atoms with Crippen molar-refractivity contribution in [1.82, 2.24) is 19.1 Å². The fraction of sp³-hybridized carbons (Fsp3) is 0.212. The number of hydrogen-bond donors (Lipinski definition) is 0. The Kier molecular flexibility index (Phi) is 4.68. The molecule has 0 fully saturated rings. The summed E-state index contributed by atoms with van der Waals surface area (Å²) in [6.07, 6.45) is 7.45. The summed E-state index contributed by atoms with van der Waals surface area (Å²) in [5.41, 5.74) is 6.94. The Bertz CT molecular complexity index is 1850. The lowest BCUT2D eigenvalue weighted by molar-refractivity contribution is 0.478. The van der Waals surface area contributed by atoms with Gasteiger partial charge in [-0.3, -0.25) is 4.57 Å². The Labute approximate surface area is 222 Å². The molecule has 188 valence electrons. The fourth-order valence-corrected chi connectivity index (χ4v) is 5.81. The molecule has 3 aromatic heterocycles. The third-order valence-corrected chi connectivity index (χ3v) is 7.90. The zero-order valence-electron chi connectivity index (χ0n) is 22.4. The molecule has 0 unspecified atom stereocenters. The highest BCUT2D eigenvalue weighted by Crippen LogP contribution is 2.47. The number of rotatable bonds is 3. The quantitative estimate of drug-likeness (QED) is 0.248. The van der Waals surface area contributed by atoms with Gasteiger partial charge in [0.2, 0.25) is 0 Å². The Hall–Kier alpha value is -4.38. The largest absolute Gasteiger partial charge is 0.457 e. The van der Waals surface area contributed by atoms with Gasteiger partial charge in [-0.25, -0.2) is 9.97 Å². The number of aromatic nitrogens is 4. The SMILES string of the molecule is CC(C)(C)c1cc(Oc2ccc3c4cccc5c4n(c3c2)-c2ncccc2C5(C)C)cc(-n2ccnc2)c1. The van der Waals surface area contributed by atoms with E-state index in [9.17, 15) is 0 Å². The molecule has 0 spiro atoms. The van der Waals surface area contributed by atoms with E-state index in [0.29, 0.717) is 0 Å². The van der Waals surface area contributed by atoms with E-state index in [1.54, 1.807) is 6.20 Å². The minimum Gasteiger partial charge on any atom is -0.457 e. The van der Waals surface area contributed by atoms with Gasteiger partial charge in [0.1, 0.15) is 17.3 Å². The van der Waals surface area contributed by atoms with Gasteiger partial charge in [0, 0.05) is 52.5 Å². The monoisotopic (exact) mass is 498 g/mol. The predicted octanol–water partition coefficient (Wildman–Crippen LogP) is 8.09. The van der Waals surface area contributed by atoms with E-state index >= 15 is 0 Å². The van der Waals surface area contributed by atoms with Crippen molar-refractivity contribution < 1.29 is 4.74 Å². The number of pyridine rings is 1. The molecule has 0 aliphatic carbocycles. The highest BCUT2D eigenvalue weighted by molar-refractivity contribution is 6.11. The van der Waals surface area contributed by atoms with Crippen molar-refractivity contribution in [2.75, 3.05) is 0 Å². The normalized spacial score (nSPS) is 14.1. The van der Waals surface area contributed by atoms with Crippen LogP contribution in [0.25, 0.3) is 33.3 Å². The molecule has 1 aliphatic heterocycles. The van der Waals surface area contributed by atoms with E-state index in [1.165, 1.54) is 33.0 Å². The van der Waals surface area contributed by atoms with E-state index in [2.05, 4.69) is 105 Å². The van der Waals surface area contributed by atoms with Gasteiger partial charge in [0.15, 0.2) is 0 Å². The fourth-order valence-electron chi connectivity index (χ4n) is 5.81. The summed E-state index contributed by atoms with van der Waals surface area (Å²) in [5.74, 6) is 2.59. The minimum atomic E-state index is -0.135. The molecule has 0 radical (unpaired) electrons. The van der Waals surface area contributed by atoms with Gasteiger partial charge in [-0.1, -0.05) is 58.9 Å². The highest BCUT2D eigenvalue weighted by Gasteiger charge is 2.35. The molecule has 38 heavy (non-hydrogen) atoms.